The van der Waals surface area contributed by atoms with Gasteiger partial charge in [-0.1, -0.05) is 15.9 Å². The van der Waals surface area contributed by atoms with E-state index in [0.717, 1.165) is 40.2 Å². The zero-order valence-corrected chi connectivity index (χ0v) is 13.7. The van der Waals surface area contributed by atoms with Crippen LogP contribution in [0.25, 0.3) is 0 Å². The molecule has 1 aromatic carbocycles. The van der Waals surface area contributed by atoms with Crippen LogP contribution in [0.5, 0.6) is 0 Å². The van der Waals surface area contributed by atoms with Crippen molar-refractivity contribution in [1.82, 2.24) is 9.97 Å². The summed E-state index contributed by atoms with van der Waals surface area (Å²) in [5.41, 5.74) is 5.76. The first-order chi connectivity index (χ1) is 10.1. The second-order valence-electron chi connectivity index (χ2n) is 5.46. The summed E-state index contributed by atoms with van der Waals surface area (Å²) < 4.78 is 1.04. The van der Waals surface area contributed by atoms with E-state index in [9.17, 15) is 0 Å². The van der Waals surface area contributed by atoms with Crippen LogP contribution in [0.4, 0.5) is 17.3 Å². The first-order valence-electron chi connectivity index (χ1n) is 6.96. The Bertz CT molecular complexity index is 662. The van der Waals surface area contributed by atoms with Crippen molar-refractivity contribution in [1.29, 1.82) is 0 Å². The van der Waals surface area contributed by atoms with Crippen molar-refractivity contribution in [3.63, 3.8) is 0 Å². The van der Waals surface area contributed by atoms with Crippen molar-refractivity contribution in [3.8, 4) is 0 Å². The molecule has 1 aliphatic rings. The molecule has 2 aromatic rings. The number of anilines is 3. The van der Waals surface area contributed by atoms with Crippen LogP contribution in [0, 0.1) is 13.8 Å². The van der Waals surface area contributed by atoms with Crippen LogP contribution in [0.3, 0.4) is 0 Å². The van der Waals surface area contributed by atoms with Crippen LogP contribution >= 0.6 is 15.9 Å². The third-order valence-electron chi connectivity index (χ3n) is 3.55. The smallest absolute Gasteiger partial charge is 0.148 e. The molecule has 0 spiro atoms. The van der Waals surface area contributed by atoms with E-state index in [1.54, 1.807) is 0 Å². The average molecular weight is 348 g/mol. The summed E-state index contributed by atoms with van der Waals surface area (Å²) in [7, 11) is 0. The van der Waals surface area contributed by atoms with E-state index in [1.807, 2.05) is 13.0 Å². The lowest BCUT2D eigenvalue weighted by molar-refractivity contribution is 0.920. The molecule has 3 rings (SSSR count). The molecule has 6 heteroatoms. The number of rotatable bonds is 4. The standard InChI is InChI=1S/C15H18BrN5/c1-8-5-11(16)7-12(6-8)18-13-9(2)14(21-17)20-15(19-13)10-3-4-10/h5-7,10H,3-4,17H2,1-2H3,(H2,18,19,20,21). The lowest BCUT2D eigenvalue weighted by atomic mass is 10.2. The first kappa shape index (κ1) is 14.3. The molecule has 1 heterocycles. The highest BCUT2D eigenvalue weighted by Crippen LogP contribution is 2.39. The van der Waals surface area contributed by atoms with Gasteiger partial charge in [0.1, 0.15) is 17.5 Å². The predicted octanol–water partition coefficient (Wildman–Crippen LogP) is 3.76. The van der Waals surface area contributed by atoms with Gasteiger partial charge in [0.05, 0.1) is 0 Å². The third-order valence-corrected chi connectivity index (χ3v) is 4.01. The minimum absolute atomic E-state index is 0.475. The highest BCUT2D eigenvalue weighted by atomic mass is 79.9. The molecule has 5 nitrogen and oxygen atoms in total. The third kappa shape index (κ3) is 3.16. The Balaban J connectivity index is 1.98. The highest BCUT2D eigenvalue weighted by Gasteiger charge is 2.28. The number of benzene rings is 1. The molecule has 0 radical (unpaired) electrons. The normalized spacial score (nSPS) is 14.1. The van der Waals surface area contributed by atoms with E-state index in [-0.39, 0.29) is 0 Å². The fraction of sp³-hybridized carbons (Fsp3) is 0.333. The number of aromatic nitrogens is 2. The van der Waals surface area contributed by atoms with Crippen LogP contribution in [0.1, 0.15) is 35.7 Å². The van der Waals surface area contributed by atoms with Gasteiger partial charge in [0.2, 0.25) is 0 Å². The zero-order valence-electron chi connectivity index (χ0n) is 12.1. The van der Waals surface area contributed by atoms with Gasteiger partial charge in [-0.3, -0.25) is 0 Å². The monoisotopic (exact) mass is 347 g/mol. The van der Waals surface area contributed by atoms with Crippen LogP contribution in [0.2, 0.25) is 0 Å². The van der Waals surface area contributed by atoms with Crippen molar-refractivity contribution in [2.24, 2.45) is 5.84 Å². The van der Waals surface area contributed by atoms with Crippen LogP contribution in [0.15, 0.2) is 22.7 Å². The molecule has 1 fully saturated rings. The second kappa shape index (κ2) is 5.61. The Morgan fingerprint density at radius 3 is 2.48 bits per heavy atom. The maximum Gasteiger partial charge on any atom is 0.148 e. The SMILES string of the molecule is Cc1cc(Br)cc(Nc2nc(C3CC3)nc(NN)c2C)c1. The van der Waals surface area contributed by atoms with Gasteiger partial charge >= 0.3 is 0 Å². The molecule has 0 amide bonds. The van der Waals surface area contributed by atoms with E-state index in [1.165, 1.54) is 5.56 Å². The molecule has 1 saturated carbocycles. The Kier molecular flexibility index (Phi) is 3.82. The summed E-state index contributed by atoms with van der Waals surface area (Å²) in [4.78, 5) is 9.16. The van der Waals surface area contributed by atoms with Gasteiger partial charge in [-0.25, -0.2) is 15.8 Å². The van der Waals surface area contributed by atoms with Crippen molar-refractivity contribution in [3.05, 3.63) is 39.6 Å². The largest absolute Gasteiger partial charge is 0.340 e. The first-order valence-corrected chi connectivity index (χ1v) is 7.75. The number of aryl methyl sites for hydroxylation is 1. The number of nitrogens with zero attached hydrogens (tertiary/aromatic N) is 2. The Morgan fingerprint density at radius 1 is 1.14 bits per heavy atom. The molecule has 21 heavy (non-hydrogen) atoms. The van der Waals surface area contributed by atoms with Gasteiger partial charge in [0.25, 0.3) is 0 Å². The van der Waals surface area contributed by atoms with Gasteiger partial charge in [-0.15, -0.1) is 0 Å². The molecule has 4 N–H and O–H groups in total. The Labute approximate surface area is 132 Å². The van der Waals surface area contributed by atoms with E-state index in [4.69, 9.17) is 5.84 Å². The highest BCUT2D eigenvalue weighted by molar-refractivity contribution is 9.10. The van der Waals surface area contributed by atoms with Crippen molar-refractivity contribution in [2.45, 2.75) is 32.6 Å². The zero-order chi connectivity index (χ0) is 15.0. The van der Waals surface area contributed by atoms with Crippen molar-refractivity contribution >= 4 is 33.3 Å². The Morgan fingerprint density at radius 2 is 1.86 bits per heavy atom. The summed E-state index contributed by atoms with van der Waals surface area (Å²) in [5, 5.41) is 3.37. The van der Waals surface area contributed by atoms with Crippen LogP contribution in [-0.4, -0.2) is 9.97 Å². The van der Waals surface area contributed by atoms with Crippen molar-refractivity contribution in [2.75, 3.05) is 10.7 Å². The van der Waals surface area contributed by atoms with Crippen LogP contribution in [-0.2, 0) is 0 Å². The number of nitrogens with one attached hydrogen (secondary N) is 2. The summed E-state index contributed by atoms with van der Waals surface area (Å²) in [6.45, 7) is 4.02. The van der Waals surface area contributed by atoms with E-state index in [0.29, 0.717) is 11.7 Å². The topological polar surface area (TPSA) is 75.9 Å². The fourth-order valence-corrected chi connectivity index (χ4v) is 2.87. The molecule has 1 aromatic heterocycles. The van der Waals surface area contributed by atoms with E-state index in [2.05, 4.69) is 55.7 Å². The van der Waals surface area contributed by atoms with Gasteiger partial charge in [-0.05, 0) is 50.5 Å². The number of nitrogen functional groups attached to an aromatic ring is 1. The van der Waals surface area contributed by atoms with Crippen molar-refractivity contribution < 1.29 is 0 Å². The fourth-order valence-electron chi connectivity index (χ4n) is 2.27. The Hall–Kier alpha value is -1.66. The van der Waals surface area contributed by atoms with Gasteiger partial charge in [0.15, 0.2) is 0 Å². The van der Waals surface area contributed by atoms with E-state index >= 15 is 0 Å². The lowest BCUT2D eigenvalue weighted by Crippen LogP contribution is -2.13. The molecular formula is C15H18BrN5. The quantitative estimate of drug-likeness (QED) is 0.579. The predicted molar refractivity (Wildman–Crippen MR) is 88.7 cm³/mol. The number of nitrogens with two attached hydrogens (primary N) is 1. The van der Waals surface area contributed by atoms with Gasteiger partial charge in [0, 0.05) is 21.6 Å². The number of hydrazine groups is 1. The number of hydrogen-bond acceptors (Lipinski definition) is 5. The van der Waals surface area contributed by atoms with Gasteiger partial charge < -0.3 is 10.7 Å². The molecule has 0 bridgehead atoms. The van der Waals surface area contributed by atoms with Crippen LogP contribution < -0.4 is 16.6 Å². The molecule has 110 valence electrons. The molecular weight excluding hydrogens is 330 g/mol. The molecule has 0 saturated heterocycles. The summed E-state index contributed by atoms with van der Waals surface area (Å²) in [5.74, 6) is 8.40. The molecule has 0 aliphatic heterocycles. The molecule has 1 aliphatic carbocycles. The summed E-state index contributed by atoms with van der Waals surface area (Å²) >= 11 is 3.52. The minimum Gasteiger partial charge on any atom is -0.340 e. The minimum atomic E-state index is 0.475. The number of hydrogen-bond donors (Lipinski definition) is 3. The number of halogens is 1. The maximum atomic E-state index is 5.58. The van der Waals surface area contributed by atoms with Gasteiger partial charge in [-0.2, -0.15) is 0 Å². The molecule has 0 atom stereocenters. The average Bonchev–Trinajstić information content (AvgIpc) is 3.24. The summed E-state index contributed by atoms with van der Waals surface area (Å²) in [6, 6.07) is 6.18. The summed E-state index contributed by atoms with van der Waals surface area (Å²) in [6.07, 6.45) is 2.31. The maximum absolute atomic E-state index is 5.58. The molecule has 0 unspecified atom stereocenters. The lowest BCUT2D eigenvalue weighted by Gasteiger charge is -2.14. The second-order valence-corrected chi connectivity index (χ2v) is 6.38. The van der Waals surface area contributed by atoms with E-state index < -0.39 is 0 Å².